The predicted octanol–water partition coefficient (Wildman–Crippen LogP) is 4.56. The highest BCUT2D eigenvalue weighted by Crippen LogP contribution is 2.27. The van der Waals surface area contributed by atoms with E-state index in [4.69, 9.17) is 5.73 Å². The van der Waals surface area contributed by atoms with Gasteiger partial charge in [0.2, 0.25) is 0 Å². The predicted molar refractivity (Wildman–Crippen MR) is 93.9 cm³/mol. The molecule has 3 N–H and O–H groups in total. The molecule has 0 fully saturated rings. The summed E-state index contributed by atoms with van der Waals surface area (Å²) < 4.78 is 0.780. The third-order valence-corrected chi connectivity index (χ3v) is 4.20. The number of halogens is 1. The Morgan fingerprint density at radius 1 is 1.33 bits per heavy atom. The number of nitrogens with two attached hydrogens (primary N) is 1. The molecule has 0 spiro atoms. The summed E-state index contributed by atoms with van der Waals surface area (Å²) in [6.45, 7) is 3.71. The van der Waals surface area contributed by atoms with Crippen molar-refractivity contribution in [1.29, 1.82) is 0 Å². The second kappa shape index (κ2) is 7.33. The molecular formula is C16H15BrN2OS. The van der Waals surface area contributed by atoms with Crippen molar-refractivity contribution in [2.45, 2.75) is 4.90 Å². The number of rotatable bonds is 5. The number of carbonyl (C=O) groups is 1. The minimum atomic E-state index is -0.186. The quantitative estimate of drug-likeness (QED) is 0.465. The van der Waals surface area contributed by atoms with E-state index in [9.17, 15) is 4.79 Å². The van der Waals surface area contributed by atoms with Crippen LogP contribution >= 0.6 is 27.7 Å². The molecule has 2 rings (SSSR count). The summed E-state index contributed by atoms with van der Waals surface area (Å²) >= 11 is 4.96. The molecule has 0 radical (unpaired) electrons. The summed E-state index contributed by atoms with van der Waals surface area (Å²) in [5.74, 6) is 0.603. The summed E-state index contributed by atoms with van der Waals surface area (Å²) in [6.07, 6.45) is 1.83. The number of carbonyl (C=O) groups excluding carboxylic acids is 1. The van der Waals surface area contributed by atoms with Gasteiger partial charge in [0, 0.05) is 26.4 Å². The number of thioether (sulfide) groups is 1. The van der Waals surface area contributed by atoms with Gasteiger partial charge in [-0.3, -0.25) is 4.79 Å². The molecule has 0 unspecified atom stereocenters. The number of nitrogens with one attached hydrogen (secondary N) is 1. The maximum atomic E-state index is 12.3. The fraction of sp³-hybridized carbons (Fsp3) is 0.0625. The Bertz CT molecular complexity index is 653. The van der Waals surface area contributed by atoms with Crippen LogP contribution in [-0.2, 0) is 0 Å². The SMILES string of the molecule is C=CCSc1ccccc1NC(=O)c1cc(N)cc(Br)c1. The summed E-state index contributed by atoms with van der Waals surface area (Å²) in [4.78, 5) is 13.3. The maximum absolute atomic E-state index is 12.3. The van der Waals surface area contributed by atoms with Crippen LogP contribution in [0.4, 0.5) is 11.4 Å². The second-order valence-corrected chi connectivity index (χ2v) is 6.30. The second-order valence-electron chi connectivity index (χ2n) is 4.32. The minimum absolute atomic E-state index is 0.186. The number of amides is 1. The number of hydrogen-bond acceptors (Lipinski definition) is 3. The topological polar surface area (TPSA) is 55.1 Å². The molecule has 0 bridgehead atoms. The summed E-state index contributed by atoms with van der Waals surface area (Å²) in [7, 11) is 0. The lowest BCUT2D eigenvalue weighted by atomic mass is 10.2. The van der Waals surface area contributed by atoms with E-state index in [1.165, 1.54) is 0 Å². The lowest BCUT2D eigenvalue weighted by Crippen LogP contribution is -2.13. The van der Waals surface area contributed by atoms with Gasteiger partial charge in [-0.05, 0) is 30.3 Å². The van der Waals surface area contributed by atoms with Gasteiger partial charge in [0.25, 0.3) is 5.91 Å². The zero-order valence-corrected chi connectivity index (χ0v) is 13.7. The van der Waals surface area contributed by atoms with E-state index in [0.29, 0.717) is 11.3 Å². The standard InChI is InChI=1S/C16H15BrN2OS/c1-2-7-21-15-6-4-3-5-14(15)19-16(20)11-8-12(17)10-13(18)9-11/h2-6,8-10H,1,7,18H2,(H,19,20). The van der Waals surface area contributed by atoms with E-state index < -0.39 is 0 Å². The Hall–Kier alpha value is -1.72. The molecule has 0 heterocycles. The highest BCUT2D eigenvalue weighted by Gasteiger charge is 2.10. The van der Waals surface area contributed by atoms with Gasteiger partial charge >= 0.3 is 0 Å². The normalized spacial score (nSPS) is 10.1. The van der Waals surface area contributed by atoms with E-state index in [1.54, 1.807) is 30.0 Å². The number of anilines is 2. The highest BCUT2D eigenvalue weighted by molar-refractivity contribution is 9.10. The molecule has 3 nitrogen and oxygen atoms in total. The van der Waals surface area contributed by atoms with Crippen LogP contribution in [0.5, 0.6) is 0 Å². The van der Waals surface area contributed by atoms with Crippen molar-refractivity contribution in [2.75, 3.05) is 16.8 Å². The lowest BCUT2D eigenvalue weighted by Gasteiger charge is -2.10. The van der Waals surface area contributed by atoms with Gasteiger partial charge < -0.3 is 11.1 Å². The molecule has 1 amide bonds. The molecular weight excluding hydrogens is 348 g/mol. The van der Waals surface area contributed by atoms with Crippen LogP contribution in [0.1, 0.15) is 10.4 Å². The minimum Gasteiger partial charge on any atom is -0.399 e. The van der Waals surface area contributed by atoms with Crippen molar-refractivity contribution in [1.82, 2.24) is 0 Å². The van der Waals surface area contributed by atoms with Crippen LogP contribution in [-0.4, -0.2) is 11.7 Å². The Morgan fingerprint density at radius 3 is 2.81 bits per heavy atom. The van der Waals surface area contributed by atoms with E-state index in [-0.39, 0.29) is 5.91 Å². The molecule has 21 heavy (non-hydrogen) atoms. The number of para-hydroxylation sites is 1. The summed E-state index contributed by atoms with van der Waals surface area (Å²) in [5.41, 5.74) is 7.61. The van der Waals surface area contributed by atoms with Gasteiger partial charge in [-0.2, -0.15) is 0 Å². The fourth-order valence-corrected chi connectivity index (χ4v) is 3.04. The summed E-state index contributed by atoms with van der Waals surface area (Å²) in [5, 5.41) is 2.92. The van der Waals surface area contributed by atoms with Crippen LogP contribution in [0.3, 0.4) is 0 Å². The van der Waals surface area contributed by atoms with Crippen molar-refractivity contribution in [3.05, 3.63) is 65.2 Å². The summed E-state index contributed by atoms with van der Waals surface area (Å²) in [6, 6.07) is 12.8. The van der Waals surface area contributed by atoms with Gasteiger partial charge in [0.1, 0.15) is 0 Å². The molecule has 5 heteroatoms. The molecule has 0 aliphatic rings. The monoisotopic (exact) mass is 362 g/mol. The highest BCUT2D eigenvalue weighted by atomic mass is 79.9. The molecule has 108 valence electrons. The van der Waals surface area contributed by atoms with Crippen molar-refractivity contribution in [3.8, 4) is 0 Å². The van der Waals surface area contributed by atoms with E-state index in [0.717, 1.165) is 20.8 Å². The Balaban J connectivity index is 2.21. The van der Waals surface area contributed by atoms with Gasteiger partial charge in [-0.15, -0.1) is 18.3 Å². The molecule has 2 aromatic rings. The van der Waals surface area contributed by atoms with Crippen LogP contribution in [0.25, 0.3) is 0 Å². The number of nitrogen functional groups attached to an aromatic ring is 1. The lowest BCUT2D eigenvalue weighted by molar-refractivity contribution is 0.102. The molecule has 2 aromatic carbocycles. The van der Waals surface area contributed by atoms with E-state index >= 15 is 0 Å². The van der Waals surface area contributed by atoms with Crippen LogP contribution in [0, 0.1) is 0 Å². The Kier molecular flexibility index (Phi) is 5.47. The maximum Gasteiger partial charge on any atom is 0.255 e. The van der Waals surface area contributed by atoms with Crippen LogP contribution in [0.2, 0.25) is 0 Å². The first-order chi connectivity index (χ1) is 10.1. The Labute approximate surface area is 136 Å². The average molecular weight is 363 g/mol. The van der Waals surface area contributed by atoms with Gasteiger partial charge in [-0.25, -0.2) is 0 Å². The van der Waals surface area contributed by atoms with Gasteiger partial charge in [-0.1, -0.05) is 34.1 Å². The molecule has 0 aliphatic heterocycles. The van der Waals surface area contributed by atoms with Gasteiger partial charge in [0.15, 0.2) is 0 Å². The van der Waals surface area contributed by atoms with Crippen molar-refractivity contribution >= 4 is 45.0 Å². The van der Waals surface area contributed by atoms with Gasteiger partial charge in [0.05, 0.1) is 5.69 Å². The fourth-order valence-electron chi connectivity index (χ4n) is 1.78. The number of hydrogen-bond donors (Lipinski definition) is 2. The van der Waals surface area contributed by atoms with E-state index in [2.05, 4.69) is 27.8 Å². The first-order valence-electron chi connectivity index (χ1n) is 6.30. The van der Waals surface area contributed by atoms with Crippen molar-refractivity contribution < 1.29 is 4.79 Å². The molecule has 0 saturated carbocycles. The van der Waals surface area contributed by atoms with E-state index in [1.807, 2.05) is 30.3 Å². The molecule has 0 aliphatic carbocycles. The van der Waals surface area contributed by atoms with Crippen LogP contribution in [0.15, 0.2) is 64.5 Å². The van der Waals surface area contributed by atoms with Crippen LogP contribution < -0.4 is 11.1 Å². The number of benzene rings is 2. The third-order valence-electron chi connectivity index (χ3n) is 2.67. The zero-order chi connectivity index (χ0) is 15.2. The first kappa shape index (κ1) is 15.7. The Morgan fingerprint density at radius 2 is 2.10 bits per heavy atom. The largest absolute Gasteiger partial charge is 0.399 e. The van der Waals surface area contributed by atoms with Crippen molar-refractivity contribution in [3.63, 3.8) is 0 Å². The molecule has 0 aromatic heterocycles. The molecule has 0 atom stereocenters. The smallest absolute Gasteiger partial charge is 0.255 e. The zero-order valence-electron chi connectivity index (χ0n) is 11.3. The third kappa shape index (κ3) is 4.37. The first-order valence-corrected chi connectivity index (χ1v) is 8.08. The average Bonchev–Trinajstić information content (AvgIpc) is 2.45. The van der Waals surface area contributed by atoms with Crippen molar-refractivity contribution in [2.24, 2.45) is 0 Å². The molecule has 0 saturated heterocycles.